The van der Waals surface area contributed by atoms with E-state index in [1.165, 1.54) is 0 Å². The molecule has 0 saturated carbocycles. The lowest BCUT2D eigenvalue weighted by atomic mass is 10.1. The number of carbonyl (C=O) groups is 1. The van der Waals surface area contributed by atoms with E-state index in [0.717, 1.165) is 52.0 Å². The fourth-order valence-electron chi connectivity index (χ4n) is 2.27. The fourth-order valence-corrected chi connectivity index (χ4v) is 2.27. The molecule has 2 rings (SSSR count). The van der Waals surface area contributed by atoms with Crippen LogP contribution in [0.15, 0.2) is 0 Å². The van der Waals surface area contributed by atoms with Crippen molar-refractivity contribution in [2.24, 2.45) is 0 Å². The van der Waals surface area contributed by atoms with Crippen LogP contribution in [0, 0.1) is 0 Å². The molecule has 5 heteroatoms. The van der Waals surface area contributed by atoms with E-state index in [1.807, 2.05) is 0 Å². The molecule has 2 aliphatic rings. The number of rotatable bonds is 4. The number of nitrogens with one attached hydrogen (secondary N) is 2. The monoisotopic (exact) mass is 242 g/mol. The first kappa shape index (κ1) is 12.8. The highest BCUT2D eigenvalue weighted by Crippen LogP contribution is 2.07. The van der Waals surface area contributed by atoms with Crippen LogP contribution in [-0.2, 0) is 14.3 Å². The summed E-state index contributed by atoms with van der Waals surface area (Å²) in [6.45, 7) is 3.61. The van der Waals surface area contributed by atoms with E-state index in [2.05, 4.69) is 10.6 Å². The smallest absolute Gasteiger partial charge is 0.246 e. The maximum absolute atomic E-state index is 11.7. The number of hydrogen-bond acceptors (Lipinski definition) is 4. The second-order valence-corrected chi connectivity index (χ2v) is 4.73. The minimum absolute atomic E-state index is 0.00229. The van der Waals surface area contributed by atoms with Crippen molar-refractivity contribution in [2.45, 2.75) is 37.8 Å². The summed E-state index contributed by atoms with van der Waals surface area (Å²) < 4.78 is 10.8. The summed E-state index contributed by atoms with van der Waals surface area (Å²) in [5.41, 5.74) is 0. The van der Waals surface area contributed by atoms with Gasteiger partial charge in [-0.25, -0.2) is 0 Å². The van der Waals surface area contributed by atoms with Gasteiger partial charge in [0.15, 0.2) is 0 Å². The Morgan fingerprint density at radius 2 is 2.18 bits per heavy atom. The summed E-state index contributed by atoms with van der Waals surface area (Å²) in [6.07, 6.45) is 4.21. The Morgan fingerprint density at radius 3 is 2.88 bits per heavy atom. The average Bonchev–Trinajstić information content (AvgIpc) is 2.39. The molecule has 2 heterocycles. The molecule has 17 heavy (non-hydrogen) atoms. The first-order valence-corrected chi connectivity index (χ1v) is 6.54. The standard InChI is InChI=1S/C12H22N2O3/c15-12(14-10-3-6-16-7-4-10)9-17-11-2-1-5-13-8-11/h10-11,13H,1-9H2,(H,14,15). The van der Waals surface area contributed by atoms with Gasteiger partial charge in [0.25, 0.3) is 0 Å². The zero-order chi connectivity index (χ0) is 11.9. The summed E-state index contributed by atoms with van der Waals surface area (Å²) >= 11 is 0. The van der Waals surface area contributed by atoms with E-state index in [-0.39, 0.29) is 24.7 Å². The molecule has 0 radical (unpaired) electrons. The van der Waals surface area contributed by atoms with Crippen molar-refractivity contribution in [3.8, 4) is 0 Å². The molecule has 2 saturated heterocycles. The molecular weight excluding hydrogens is 220 g/mol. The Kier molecular flexibility index (Phi) is 5.22. The van der Waals surface area contributed by atoms with Crippen molar-refractivity contribution in [1.82, 2.24) is 10.6 Å². The number of piperidine rings is 1. The SMILES string of the molecule is O=C(COC1CCCNC1)NC1CCOCC1. The molecule has 2 aliphatic heterocycles. The molecule has 0 aliphatic carbocycles. The molecule has 2 fully saturated rings. The molecule has 1 atom stereocenters. The Morgan fingerprint density at radius 1 is 1.35 bits per heavy atom. The predicted molar refractivity (Wildman–Crippen MR) is 63.8 cm³/mol. The maximum Gasteiger partial charge on any atom is 0.246 e. The van der Waals surface area contributed by atoms with Crippen LogP contribution in [0.4, 0.5) is 0 Å². The minimum atomic E-state index is 0.00229. The van der Waals surface area contributed by atoms with Crippen molar-refractivity contribution in [1.29, 1.82) is 0 Å². The molecule has 0 bridgehead atoms. The van der Waals surface area contributed by atoms with Gasteiger partial charge in [-0.1, -0.05) is 0 Å². The van der Waals surface area contributed by atoms with Crippen molar-refractivity contribution >= 4 is 5.91 Å². The Hall–Kier alpha value is -0.650. The van der Waals surface area contributed by atoms with Crippen LogP contribution >= 0.6 is 0 Å². The van der Waals surface area contributed by atoms with Crippen LogP contribution in [-0.4, -0.2) is 51.0 Å². The summed E-state index contributed by atoms with van der Waals surface area (Å²) in [6, 6.07) is 0.268. The highest BCUT2D eigenvalue weighted by molar-refractivity contribution is 5.77. The van der Waals surface area contributed by atoms with Crippen LogP contribution in [0.3, 0.4) is 0 Å². The predicted octanol–water partition coefficient (Wildman–Crippen LogP) is 0.0502. The summed E-state index contributed by atoms with van der Waals surface area (Å²) in [7, 11) is 0. The normalized spacial score (nSPS) is 26.7. The number of hydrogen-bond donors (Lipinski definition) is 2. The molecular formula is C12H22N2O3. The molecule has 0 aromatic rings. The average molecular weight is 242 g/mol. The van der Waals surface area contributed by atoms with Gasteiger partial charge in [-0.2, -0.15) is 0 Å². The van der Waals surface area contributed by atoms with Crippen LogP contribution in [0.5, 0.6) is 0 Å². The van der Waals surface area contributed by atoms with Crippen LogP contribution in [0.2, 0.25) is 0 Å². The van der Waals surface area contributed by atoms with E-state index in [0.29, 0.717) is 0 Å². The van der Waals surface area contributed by atoms with Crippen LogP contribution in [0.1, 0.15) is 25.7 Å². The second-order valence-electron chi connectivity index (χ2n) is 4.73. The summed E-state index contributed by atoms with van der Waals surface area (Å²) in [5, 5.41) is 6.26. The van der Waals surface area contributed by atoms with Gasteiger partial charge < -0.3 is 20.1 Å². The van der Waals surface area contributed by atoms with Gasteiger partial charge in [0.2, 0.25) is 5.91 Å². The second kappa shape index (κ2) is 6.93. The van der Waals surface area contributed by atoms with Gasteiger partial charge >= 0.3 is 0 Å². The number of amides is 1. The van der Waals surface area contributed by atoms with Crippen LogP contribution < -0.4 is 10.6 Å². The minimum Gasteiger partial charge on any atom is -0.381 e. The zero-order valence-electron chi connectivity index (χ0n) is 10.2. The van der Waals surface area contributed by atoms with Gasteiger partial charge in [-0.15, -0.1) is 0 Å². The lowest BCUT2D eigenvalue weighted by Crippen LogP contribution is -2.42. The molecule has 1 amide bonds. The van der Waals surface area contributed by atoms with Crippen molar-refractivity contribution in [3.63, 3.8) is 0 Å². The summed E-state index contributed by atoms with van der Waals surface area (Å²) in [4.78, 5) is 11.7. The molecule has 0 spiro atoms. The van der Waals surface area contributed by atoms with E-state index < -0.39 is 0 Å². The number of carbonyl (C=O) groups excluding carboxylic acids is 1. The third-order valence-corrected chi connectivity index (χ3v) is 3.29. The van der Waals surface area contributed by atoms with Gasteiger partial charge in [0.1, 0.15) is 6.61 Å². The summed E-state index contributed by atoms with van der Waals surface area (Å²) in [5.74, 6) is 0.00229. The zero-order valence-corrected chi connectivity index (χ0v) is 10.2. The molecule has 5 nitrogen and oxygen atoms in total. The van der Waals surface area contributed by atoms with Gasteiger partial charge in [-0.3, -0.25) is 4.79 Å². The molecule has 2 N–H and O–H groups in total. The lowest BCUT2D eigenvalue weighted by molar-refractivity contribution is -0.129. The Balaban J connectivity index is 1.59. The first-order valence-electron chi connectivity index (χ1n) is 6.54. The van der Waals surface area contributed by atoms with Crippen molar-refractivity contribution in [3.05, 3.63) is 0 Å². The fraction of sp³-hybridized carbons (Fsp3) is 0.917. The first-order chi connectivity index (χ1) is 8.34. The Bertz CT molecular complexity index is 236. The van der Waals surface area contributed by atoms with Gasteiger partial charge in [0, 0.05) is 25.8 Å². The highest BCUT2D eigenvalue weighted by Gasteiger charge is 2.18. The van der Waals surface area contributed by atoms with Gasteiger partial charge in [0.05, 0.1) is 6.10 Å². The van der Waals surface area contributed by atoms with Gasteiger partial charge in [-0.05, 0) is 32.2 Å². The third kappa shape index (κ3) is 4.61. The van der Waals surface area contributed by atoms with Crippen LogP contribution in [0.25, 0.3) is 0 Å². The molecule has 0 aromatic carbocycles. The topological polar surface area (TPSA) is 59.6 Å². The molecule has 98 valence electrons. The van der Waals surface area contributed by atoms with Crippen molar-refractivity contribution in [2.75, 3.05) is 32.9 Å². The third-order valence-electron chi connectivity index (χ3n) is 3.29. The van der Waals surface area contributed by atoms with Crippen molar-refractivity contribution < 1.29 is 14.3 Å². The maximum atomic E-state index is 11.7. The molecule has 1 unspecified atom stereocenters. The van der Waals surface area contributed by atoms with E-state index in [9.17, 15) is 4.79 Å². The van der Waals surface area contributed by atoms with E-state index in [4.69, 9.17) is 9.47 Å². The number of ether oxygens (including phenoxy) is 2. The highest BCUT2D eigenvalue weighted by atomic mass is 16.5. The Labute approximate surface area is 102 Å². The molecule has 0 aromatic heterocycles. The van der Waals surface area contributed by atoms with E-state index in [1.54, 1.807) is 0 Å². The lowest BCUT2D eigenvalue weighted by Gasteiger charge is -2.25. The van der Waals surface area contributed by atoms with E-state index >= 15 is 0 Å². The quantitative estimate of drug-likeness (QED) is 0.731. The largest absolute Gasteiger partial charge is 0.381 e.